The number of aromatic nitrogens is 1. The van der Waals surface area contributed by atoms with Crippen LogP contribution in [0.25, 0.3) is 21.7 Å². The molecule has 1 amide bonds. The van der Waals surface area contributed by atoms with Gasteiger partial charge in [0.15, 0.2) is 5.13 Å². The van der Waals surface area contributed by atoms with E-state index in [2.05, 4.69) is 10.3 Å². The van der Waals surface area contributed by atoms with Crippen molar-refractivity contribution in [1.82, 2.24) is 4.98 Å². The second kappa shape index (κ2) is 5.33. The normalized spacial score (nSPS) is 11.0. The van der Waals surface area contributed by atoms with Crippen LogP contribution in [0.4, 0.5) is 5.13 Å². The second-order valence-corrected chi connectivity index (χ2v) is 5.83. The number of rotatable bonds is 2. The van der Waals surface area contributed by atoms with Gasteiger partial charge >= 0.3 is 5.63 Å². The Morgan fingerprint density at radius 1 is 1.13 bits per heavy atom. The Morgan fingerprint density at radius 2 is 2.00 bits per heavy atom. The summed E-state index contributed by atoms with van der Waals surface area (Å²) in [5.74, 6) is -0.525. The van der Waals surface area contributed by atoms with Gasteiger partial charge in [0, 0.05) is 17.0 Å². The summed E-state index contributed by atoms with van der Waals surface area (Å²) in [5, 5.41) is 7.45. The standard InChI is InChI=1S/C17H10N2O3S/c20-15(19-17-18-7-8-23-17)13-9-12-11-4-2-1-3-10(11)5-6-14(12)22-16(13)21/h1-9H,(H,18,19,20). The Kier molecular flexibility index (Phi) is 3.17. The van der Waals surface area contributed by atoms with Gasteiger partial charge in [-0.3, -0.25) is 10.1 Å². The average Bonchev–Trinajstić information content (AvgIpc) is 3.07. The van der Waals surface area contributed by atoms with Crippen molar-refractivity contribution in [2.24, 2.45) is 0 Å². The largest absolute Gasteiger partial charge is 0.422 e. The number of carbonyl (C=O) groups is 1. The molecule has 2 aromatic heterocycles. The highest BCUT2D eigenvalue weighted by Gasteiger charge is 2.15. The minimum Gasteiger partial charge on any atom is -0.422 e. The van der Waals surface area contributed by atoms with Gasteiger partial charge in [-0.25, -0.2) is 9.78 Å². The summed E-state index contributed by atoms with van der Waals surface area (Å²) in [6.07, 6.45) is 1.58. The summed E-state index contributed by atoms with van der Waals surface area (Å²) in [5.41, 5.74) is -0.245. The van der Waals surface area contributed by atoms with Crippen LogP contribution < -0.4 is 10.9 Å². The molecule has 0 aliphatic rings. The number of benzene rings is 2. The molecule has 0 saturated heterocycles. The molecule has 0 unspecified atom stereocenters. The number of nitrogens with one attached hydrogen (secondary N) is 1. The monoisotopic (exact) mass is 322 g/mol. The van der Waals surface area contributed by atoms with Gasteiger partial charge in [0.2, 0.25) is 0 Å². The number of nitrogens with zero attached hydrogens (tertiary/aromatic N) is 1. The summed E-state index contributed by atoms with van der Waals surface area (Å²) in [4.78, 5) is 28.4. The lowest BCUT2D eigenvalue weighted by atomic mass is 10.0. The Bertz CT molecular complexity index is 1080. The van der Waals surface area contributed by atoms with E-state index < -0.39 is 11.5 Å². The molecule has 4 aromatic rings. The third-order valence-electron chi connectivity index (χ3n) is 3.54. The number of fused-ring (bicyclic) bond motifs is 3. The van der Waals surface area contributed by atoms with Crippen molar-refractivity contribution in [2.75, 3.05) is 5.32 Å². The third-order valence-corrected chi connectivity index (χ3v) is 4.23. The van der Waals surface area contributed by atoms with Gasteiger partial charge in [-0.05, 0) is 22.9 Å². The molecule has 0 saturated carbocycles. The van der Waals surface area contributed by atoms with E-state index in [1.165, 1.54) is 11.3 Å². The lowest BCUT2D eigenvalue weighted by molar-refractivity contribution is 0.102. The zero-order valence-electron chi connectivity index (χ0n) is 11.8. The van der Waals surface area contributed by atoms with E-state index in [1.807, 2.05) is 30.3 Å². The van der Waals surface area contributed by atoms with Gasteiger partial charge in [0.1, 0.15) is 11.1 Å². The fourth-order valence-corrected chi connectivity index (χ4v) is 3.00. The maximum Gasteiger partial charge on any atom is 0.349 e. The molecule has 0 atom stereocenters. The predicted molar refractivity (Wildman–Crippen MR) is 90.1 cm³/mol. The van der Waals surface area contributed by atoms with Crippen molar-refractivity contribution >= 4 is 44.1 Å². The molecule has 0 aliphatic heterocycles. The average molecular weight is 322 g/mol. The molecule has 0 radical (unpaired) electrons. The Labute approximate surface area is 134 Å². The van der Waals surface area contributed by atoms with E-state index in [1.54, 1.807) is 23.7 Å². The highest BCUT2D eigenvalue weighted by molar-refractivity contribution is 7.13. The van der Waals surface area contributed by atoms with Crippen LogP contribution >= 0.6 is 11.3 Å². The maximum atomic E-state index is 12.3. The van der Waals surface area contributed by atoms with Crippen molar-refractivity contribution in [2.45, 2.75) is 0 Å². The molecule has 1 N–H and O–H groups in total. The number of hydrogen-bond donors (Lipinski definition) is 1. The molecule has 2 aromatic carbocycles. The highest BCUT2D eigenvalue weighted by Crippen LogP contribution is 2.25. The van der Waals surface area contributed by atoms with Crippen LogP contribution in [-0.2, 0) is 0 Å². The fourth-order valence-electron chi connectivity index (χ4n) is 2.48. The first-order chi connectivity index (χ1) is 11.2. The quantitative estimate of drug-likeness (QED) is 0.451. The molecule has 0 aliphatic carbocycles. The molecule has 2 heterocycles. The first-order valence-electron chi connectivity index (χ1n) is 6.89. The molecule has 112 valence electrons. The summed E-state index contributed by atoms with van der Waals surface area (Å²) in [6, 6.07) is 12.9. The van der Waals surface area contributed by atoms with Gasteiger partial charge in [-0.1, -0.05) is 30.3 Å². The van der Waals surface area contributed by atoms with Crippen LogP contribution in [0.15, 0.2) is 63.3 Å². The zero-order valence-corrected chi connectivity index (χ0v) is 12.6. The highest BCUT2D eigenvalue weighted by atomic mass is 32.1. The van der Waals surface area contributed by atoms with Gasteiger partial charge in [0.05, 0.1) is 0 Å². The minimum absolute atomic E-state index is 0.0379. The maximum absolute atomic E-state index is 12.3. The van der Waals surface area contributed by atoms with Crippen LogP contribution in [0, 0.1) is 0 Å². The van der Waals surface area contributed by atoms with Crippen molar-refractivity contribution in [3.8, 4) is 0 Å². The van der Waals surface area contributed by atoms with Crippen LogP contribution in [0.1, 0.15) is 10.4 Å². The van der Waals surface area contributed by atoms with Gasteiger partial charge < -0.3 is 4.42 Å². The van der Waals surface area contributed by atoms with Crippen LogP contribution in [-0.4, -0.2) is 10.9 Å². The Balaban J connectivity index is 1.89. The lowest BCUT2D eigenvalue weighted by Crippen LogP contribution is -2.20. The van der Waals surface area contributed by atoms with E-state index >= 15 is 0 Å². The van der Waals surface area contributed by atoms with Gasteiger partial charge in [-0.15, -0.1) is 11.3 Å². The van der Waals surface area contributed by atoms with E-state index in [-0.39, 0.29) is 5.56 Å². The van der Waals surface area contributed by atoms with Crippen molar-refractivity contribution in [1.29, 1.82) is 0 Å². The summed E-state index contributed by atoms with van der Waals surface area (Å²) in [7, 11) is 0. The molecule has 0 spiro atoms. The topological polar surface area (TPSA) is 72.2 Å². The summed E-state index contributed by atoms with van der Waals surface area (Å²) < 4.78 is 5.31. The SMILES string of the molecule is O=C(Nc1nccs1)c1cc2c(ccc3ccccc32)oc1=O. The van der Waals surface area contributed by atoms with Crippen molar-refractivity contribution < 1.29 is 9.21 Å². The first kappa shape index (κ1) is 13.7. The fraction of sp³-hybridized carbons (Fsp3) is 0. The van der Waals surface area contributed by atoms with E-state index in [9.17, 15) is 9.59 Å². The van der Waals surface area contributed by atoms with Crippen LogP contribution in [0.3, 0.4) is 0 Å². The Hall–Kier alpha value is -2.99. The molecular formula is C17H10N2O3S. The van der Waals surface area contributed by atoms with E-state index in [0.29, 0.717) is 10.7 Å². The minimum atomic E-state index is -0.665. The number of hydrogen-bond acceptors (Lipinski definition) is 5. The molecule has 23 heavy (non-hydrogen) atoms. The third kappa shape index (κ3) is 2.39. The summed E-state index contributed by atoms with van der Waals surface area (Å²) >= 11 is 1.28. The number of thiazole rings is 1. The van der Waals surface area contributed by atoms with E-state index in [4.69, 9.17) is 4.42 Å². The number of carbonyl (C=O) groups excluding carboxylic acids is 1. The molecule has 0 bridgehead atoms. The lowest BCUT2D eigenvalue weighted by Gasteiger charge is -2.05. The smallest absolute Gasteiger partial charge is 0.349 e. The Morgan fingerprint density at radius 3 is 2.83 bits per heavy atom. The molecular weight excluding hydrogens is 312 g/mol. The molecule has 5 nitrogen and oxygen atoms in total. The van der Waals surface area contributed by atoms with Gasteiger partial charge in [0.25, 0.3) is 5.91 Å². The first-order valence-corrected chi connectivity index (χ1v) is 7.77. The molecule has 0 fully saturated rings. The van der Waals surface area contributed by atoms with Gasteiger partial charge in [-0.2, -0.15) is 0 Å². The number of amides is 1. The summed E-state index contributed by atoms with van der Waals surface area (Å²) in [6.45, 7) is 0. The van der Waals surface area contributed by atoms with E-state index in [0.717, 1.165) is 16.2 Å². The second-order valence-electron chi connectivity index (χ2n) is 4.94. The predicted octanol–water partition coefficient (Wildman–Crippen LogP) is 3.66. The van der Waals surface area contributed by atoms with Crippen LogP contribution in [0.5, 0.6) is 0 Å². The molecule has 4 rings (SSSR count). The molecule has 6 heteroatoms. The zero-order chi connectivity index (χ0) is 15.8. The number of anilines is 1. The van der Waals surface area contributed by atoms with Crippen LogP contribution in [0.2, 0.25) is 0 Å². The van der Waals surface area contributed by atoms with Crippen molar-refractivity contribution in [3.63, 3.8) is 0 Å². The van der Waals surface area contributed by atoms with Crippen molar-refractivity contribution in [3.05, 3.63) is 70.0 Å².